The number of ether oxygens (including phenoxy) is 2. The fourth-order valence-electron chi connectivity index (χ4n) is 5.75. The van der Waals surface area contributed by atoms with Gasteiger partial charge in [-0.15, -0.1) is 0 Å². The molecule has 9 nitrogen and oxygen atoms in total. The summed E-state index contributed by atoms with van der Waals surface area (Å²) in [5.41, 5.74) is 5.33. The fourth-order valence-corrected chi connectivity index (χ4v) is 5.91. The van der Waals surface area contributed by atoms with Crippen molar-refractivity contribution in [1.82, 2.24) is 34.8 Å². The van der Waals surface area contributed by atoms with Crippen LogP contribution in [0.25, 0.3) is 22.3 Å². The molecule has 0 radical (unpaired) electrons. The molecule has 11 heteroatoms. The Labute approximate surface area is 247 Å². The van der Waals surface area contributed by atoms with Gasteiger partial charge in [0.05, 0.1) is 36.4 Å². The van der Waals surface area contributed by atoms with Gasteiger partial charge in [0.1, 0.15) is 23.9 Å². The minimum Gasteiger partial charge on any atom is -0.473 e. The summed E-state index contributed by atoms with van der Waals surface area (Å²) in [6.07, 6.45) is 5.02. The summed E-state index contributed by atoms with van der Waals surface area (Å²) in [6.45, 7) is 4.40. The number of hydrogen-bond acceptors (Lipinski definition) is 7. The Morgan fingerprint density at radius 3 is 2.69 bits per heavy atom. The third-order valence-electron chi connectivity index (χ3n) is 8.22. The van der Waals surface area contributed by atoms with Gasteiger partial charge in [0, 0.05) is 40.4 Å². The molecule has 2 aliphatic rings. The molecule has 2 aliphatic heterocycles. The molecule has 5 heterocycles. The lowest BCUT2D eigenvalue weighted by molar-refractivity contribution is -0.0592. The number of piperidine rings is 1. The fraction of sp³-hybridized carbons (Fsp3) is 0.355. The first-order valence-corrected chi connectivity index (χ1v) is 14.7. The van der Waals surface area contributed by atoms with Gasteiger partial charge in [0.2, 0.25) is 5.88 Å². The number of H-pyrrole nitrogens is 1. The highest BCUT2D eigenvalue weighted by atomic mass is 35.5. The van der Waals surface area contributed by atoms with Crippen LogP contribution >= 0.6 is 11.6 Å². The standard InChI is InChI=1S/C31H31ClFN7O2/c32-23-6-4-22(25(33)15-23)19-42-31-3-1-2-26(36-31)20-8-11-39(12-9-20)18-30-35-27-14-21(28-16-34-38-37-28)5-7-29(27)40(30)17-24-10-13-41-24/h1-7,14-16,20,24H,8-13,17-19H2,(H,34,37,38)/t24-/m0/s1. The molecule has 3 aromatic heterocycles. The van der Waals surface area contributed by atoms with E-state index in [4.69, 9.17) is 31.0 Å². The zero-order chi connectivity index (χ0) is 28.5. The number of imidazole rings is 1. The van der Waals surface area contributed by atoms with Crippen LogP contribution in [-0.4, -0.2) is 60.6 Å². The lowest BCUT2D eigenvalue weighted by atomic mass is 9.93. The van der Waals surface area contributed by atoms with Crippen LogP contribution < -0.4 is 4.74 Å². The first kappa shape index (κ1) is 27.0. The topological polar surface area (TPSA) is 94.0 Å². The largest absolute Gasteiger partial charge is 0.473 e. The highest BCUT2D eigenvalue weighted by Gasteiger charge is 2.26. The molecular formula is C31H31ClFN7O2. The molecule has 2 fully saturated rings. The van der Waals surface area contributed by atoms with Crippen molar-refractivity contribution in [3.05, 3.63) is 88.7 Å². The second-order valence-corrected chi connectivity index (χ2v) is 11.4. The maximum absolute atomic E-state index is 14.2. The van der Waals surface area contributed by atoms with Gasteiger partial charge in [0.25, 0.3) is 0 Å². The number of halogens is 2. The molecule has 7 rings (SSSR count). The van der Waals surface area contributed by atoms with E-state index in [1.807, 2.05) is 12.1 Å². The number of aromatic nitrogens is 6. The lowest BCUT2D eigenvalue weighted by Crippen LogP contribution is -2.35. The molecule has 0 saturated carbocycles. The second kappa shape index (κ2) is 11.8. The van der Waals surface area contributed by atoms with Gasteiger partial charge >= 0.3 is 0 Å². The molecular weight excluding hydrogens is 557 g/mol. The monoisotopic (exact) mass is 587 g/mol. The molecule has 1 N–H and O–H groups in total. The summed E-state index contributed by atoms with van der Waals surface area (Å²) in [6, 6.07) is 16.7. The van der Waals surface area contributed by atoms with Gasteiger partial charge in [-0.05, 0) is 62.7 Å². The van der Waals surface area contributed by atoms with Crippen molar-refractivity contribution in [2.75, 3.05) is 19.7 Å². The predicted molar refractivity (Wildman–Crippen MR) is 157 cm³/mol. The Morgan fingerprint density at radius 2 is 1.93 bits per heavy atom. The minimum absolute atomic E-state index is 0.102. The van der Waals surface area contributed by atoms with E-state index in [9.17, 15) is 4.39 Å². The van der Waals surface area contributed by atoms with E-state index >= 15 is 0 Å². The van der Waals surface area contributed by atoms with Crippen LogP contribution in [0.3, 0.4) is 0 Å². The molecule has 2 saturated heterocycles. The molecule has 5 aromatic rings. The normalized spacial score (nSPS) is 17.9. The van der Waals surface area contributed by atoms with Crippen molar-refractivity contribution in [2.24, 2.45) is 0 Å². The van der Waals surface area contributed by atoms with Crippen LogP contribution in [0.4, 0.5) is 4.39 Å². The first-order chi connectivity index (χ1) is 20.6. The zero-order valence-corrected chi connectivity index (χ0v) is 23.8. The molecule has 1 atom stereocenters. The maximum atomic E-state index is 14.2. The zero-order valence-electron chi connectivity index (χ0n) is 23.0. The van der Waals surface area contributed by atoms with Crippen LogP contribution in [0.2, 0.25) is 5.02 Å². The third-order valence-corrected chi connectivity index (χ3v) is 8.46. The number of likely N-dealkylation sites (tertiary alicyclic amines) is 1. The number of benzene rings is 2. The van der Waals surface area contributed by atoms with Crippen molar-refractivity contribution in [2.45, 2.75) is 51.0 Å². The number of rotatable bonds is 9. The number of nitrogens with zero attached hydrogens (tertiary/aromatic N) is 6. The van der Waals surface area contributed by atoms with Gasteiger partial charge in [0.15, 0.2) is 0 Å². The van der Waals surface area contributed by atoms with Gasteiger partial charge in [-0.1, -0.05) is 29.8 Å². The van der Waals surface area contributed by atoms with Crippen LogP contribution in [-0.2, 0) is 24.4 Å². The van der Waals surface area contributed by atoms with Gasteiger partial charge in [-0.2, -0.15) is 15.4 Å². The first-order valence-electron chi connectivity index (χ1n) is 14.3. The van der Waals surface area contributed by atoms with Crippen molar-refractivity contribution in [3.63, 3.8) is 0 Å². The summed E-state index contributed by atoms with van der Waals surface area (Å²) < 4.78 is 28.1. The summed E-state index contributed by atoms with van der Waals surface area (Å²) in [4.78, 5) is 12.3. The van der Waals surface area contributed by atoms with Gasteiger partial charge in [-0.25, -0.2) is 14.4 Å². The summed E-state index contributed by atoms with van der Waals surface area (Å²) in [5, 5.41) is 11.2. The lowest BCUT2D eigenvalue weighted by Gasteiger charge is -2.32. The number of nitrogens with one attached hydrogen (secondary N) is 1. The molecule has 42 heavy (non-hydrogen) atoms. The Kier molecular flexibility index (Phi) is 7.58. The number of hydrogen-bond donors (Lipinski definition) is 1. The number of fused-ring (bicyclic) bond motifs is 1. The average molecular weight is 588 g/mol. The van der Waals surface area contributed by atoms with E-state index in [0.717, 1.165) is 85.9 Å². The summed E-state index contributed by atoms with van der Waals surface area (Å²) >= 11 is 5.86. The maximum Gasteiger partial charge on any atom is 0.213 e. The molecule has 0 aliphatic carbocycles. The van der Waals surface area contributed by atoms with E-state index < -0.39 is 0 Å². The Balaban J connectivity index is 1.02. The molecule has 2 aromatic carbocycles. The SMILES string of the molecule is Fc1cc(Cl)ccc1COc1cccc(C2CCN(Cc3nc4cc(-c5cn[nH]n5)ccc4n3C[C@@H]3CCO3)CC2)n1. The van der Waals surface area contributed by atoms with Crippen LogP contribution in [0, 0.1) is 5.82 Å². The van der Waals surface area contributed by atoms with Gasteiger partial charge in [-0.3, -0.25) is 4.90 Å². The molecule has 0 spiro atoms. The molecule has 0 amide bonds. The van der Waals surface area contributed by atoms with Crippen molar-refractivity contribution < 1.29 is 13.9 Å². The van der Waals surface area contributed by atoms with Crippen LogP contribution in [0.15, 0.2) is 60.8 Å². The second-order valence-electron chi connectivity index (χ2n) is 11.0. The quantitative estimate of drug-likeness (QED) is 0.234. The third kappa shape index (κ3) is 5.74. The highest BCUT2D eigenvalue weighted by molar-refractivity contribution is 6.30. The highest BCUT2D eigenvalue weighted by Crippen LogP contribution is 2.30. The molecule has 0 unspecified atom stereocenters. The summed E-state index contributed by atoms with van der Waals surface area (Å²) in [7, 11) is 0. The Hall–Kier alpha value is -3.86. The van der Waals surface area contributed by atoms with E-state index in [1.54, 1.807) is 18.3 Å². The Bertz CT molecular complexity index is 1680. The van der Waals surface area contributed by atoms with E-state index in [-0.39, 0.29) is 18.5 Å². The van der Waals surface area contributed by atoms with Crippen LogP contribution in [0.5, 0.6) is 5.88 Å². The summed E-state index contributed by atoms with van der Waals surface area (Å²) in [5.74, 6) is 1.51. The predicted octanol–water partition coefficient (Wildman–Crippen LogP) is 5.76. The van der Waals surface area contributed by atoms with Crippen molar-refractivity contribution >= 4 is 22.6 Å². The van der Waals surface area contributed by atoms with Gasteiger partial charge < -0.3 is 14.0 Å². The van der Waals surface area contributed by atoms with Crippen LogP contribution in [0.1, 0.15) is 42.3 Å². The average Bonchev–Trinajstić information content (AvgIpc) is 3.63. The minimum atomic E-state index is -0.379. The number of aromatic amines is 1. The van der Waals surface area contributed by atoms with E-state index in [0.29, 0.717) is 22.4 Å². The van der Waals surface area contributed by atoms with Crippen molar-refractivity contribution in [3.8, 4) is 17.1 Å². The van der Waals surface area contributed by atoms with Crippen molar-refractivity contribution in [1.29, 1.82) is 0 Å². The molecule has 216 valence electrons. The molecule has 0 bridgehead atoms. The van der Waals surface area contributed by atoms with E-state index in [1.165, 1.54) is 6.07 Å². The Morgan fingerprint density at radius 1 is 1.05 bits per heavy atom. The number of pyridine rings is 1. The smallest absolute Gasteiger partial charge is 0.213 e. The van der Waals surface area contributed by atoms with E-state index in [2.05, 4.69) is 49.1 Å².